The summed E-state index contributed by atoms with van der Waals surface area (Å²) in [7, 11) is 1.98. The molecule has 1 saturated heterocycles. The van der Waals surface area contributed by atoms with Crippen molar-refractivity contribution in [1.82, 2.24) is 25.0 Å². The van der Waals surface area contributed by atoms with Gasteiger partial charge in [-0.1, -0.05) is 6.92 Å². The number of piperidine rings is 1. The molecular weight excluding hydrogens is 362 g/mol. The summed E-state index contributed by atoms with van der Waals surface area (Å²) in [4.78, 5) is 16.9. The van der Waals surface area contributed by atoms with Gasteiger partial charge in [0.2, 0.25) is 0 Å². The lowest BCUT2D eigenvalue weighted by molar-refractivity contribution is -0.0983. The molecule has 0 unspecified atom stereocenters. The topological polar surface area (TPSA) is 72.3 Å². The molecule has 4 rings (SSSR count). The average Bonchev–Trinajstić information content (AvgIpc) is 3.29. The third-order valence-electron chi connectivity index (χ3n) is 5.60. The SMILES string of the molecule is CCCNC(=O)c1cc2c(s1)CCOC21CCN(Cc2nncn2C)CC1. The third kappa shape index (κ3) is 3.66. The van der Waals surface area contributed by atoms with Crippen LogP contribution in [0.3, 0.4) is 0 Å². The number of nitrogens with one attached hydrogen (secondary N) is 1. The molecule has 2 aliphatic rings. The highest BCUT2D eigenvalue weighted by Crippen LogP contribution is 2.44. The van der Waals surface area contributed by atoms with Crippen LogP contribution in [-0.4, -0.2) is 51.8 Å². The summed E-state index contributed by atoms with van der Waals surface area (Å²) in [6.45, 7) is 6.26. The van der Waals surface area contributed by atoms with Gasteiger partial charge in [-0.15, -0.1) is 21.5 Å². The molecule has 2 aromatic rings. The van der Waals surface area contributed by atoms with Crippen molar-refractivity contribution in [1.29, 1.82) is 0 Å². The number of fused-ring (bicyclic) bond motifs is 2. The van der Waals surface area contributed by atoms with Crippen molar-refractivity contribution >= 4 is 17.2 Å². The van der Waals surface area contributed by atoms with Crippen LogP contribution in [0, 0.1) is 0 Å². The number of thiophene rings is 1. The Morgan fingerprint density at radius 1 is 1.41 bits per heavy atom. The summed E-state index contributed by atoms with van der Waals surface area (Å²) in [5.74, 6) is 1.03. The molecule has 7 nitrogen and oxygen atoms in total. The number of hydrogen-bond donors (Lipinski definition) is 1. The van der Waals surface area contributed by atoms with E-state index in [-0.39, 0.29) is 11.5 Å². The van der Waals surface area contributed by atoms with Crippen molar-refractivity contribution in [3.63, 3.8) is 0 Å². The van der Waals surface area contributed by atoms with Crippen LogP contribution in [0.25, 0.3) is 0 Å². The van der Waals surface area contributed by atoms with Gasteiger partial charge in [-0.25, -0.2) is 0 Å². The molecule has 2 aliphatic heterocycles. The Labute approximate surface area is 163 Å². The molecule has 0 aliphatic carbocycles. The van der Waals surface area contributed by atoms with E-state index in [2.05, 4.69) is 33.4 Å². The maximum absolute atomic E-state index is 12.4. The Bertz CT molecular complexity index is 807. The van der Waals surface area contributed by atoms with E-state index in [1.54, 1.807) is 17.7 Å². The highest BCUT2D eigenvalue weighted by molar-refractivity contribution is 7.14. The smallest absolute Gasteiger partial charge is 0.261 e. The molecule has 1 fully saturated rings. The molecule has 0 bridgehead atoms. The number of ether oxygens (including phenoxy) is 1. The van der Waals surface area contributed by atoms with Gasteiger partial charge in [-0.2, -0.15) is 0 Å². The zero-order valence-electron chi connectivity index (χ0n) is 16.0. The maximum atomic E-state index is 12.4. The monoisotopic (exact) mass is 389 g/mol. The summed E-state index contributed by atoms with van der Waals surface area (Å²) in [6, 6.07) is 2.09. The highest BCUT2D eigenvalue weighted by atomic mass is 32.1. The highest BCUT2D eigenvalue weighted by Gasteiger charge is 2.42. The molecule has 27 heavy (non-hydrogen) atoms. The van der Waals surface area contributed by atoms with Gasteiger partial charge in [0, 0.05) is 38.0 Å². The van der Waals surface area contributed by atoms with E-state index in [9.17, 15) is 4.79 Å². The van der Waals surface area contributed by atoms with Gasteiger partial charge in [0.25, 0.3) is 5.91 Å². The molecule has 0 atom stereocenters. The van der Waals surface area contributed by atoms with Gasteiger partial charge in [-0.3, -0.25) is 9.69 Å². The van der Waals surface area contributed by atoms with Crippen molar-refractivity contribution < 1.29 is 9.53 Å². The number of carbonyl (C=O) groups excluding carboxylic acids is 1. The predicted molar refractivity (Wildman–Crippen MR) is 104 cm³/mol. The maximum Gasteiger partial charge on any atom is 0.261 e. The van der Waals surface area contributed by atoms with Crippen LogP contribution < -0.4 is 5.32 Å². The van der Waals surface area contributed by atoms with Gasteiger partial charge in [0.15, 0.2) is 0 Å². The van der Waals surface area contributed by atoms with Gasteiger partial charge in [0.05, 0.1) is 23.6 Å². The molecule has 146 valence electrons. The molecule has 4 heterocycles. The molecular formula is C19H27N5O2S. The Morgan fingerprint density at radius 2 is 2.22 bits per heavy atom. The quantitative estimate of drug-likeness (QED) is 0.848. The second-order valence-electron chi connectivity index (χ2n) is 7.43. The largest absolute Gasteiger partial charge is 0.370 e. The van der Waals surface area contributed by atoms with Crippen molar-refractivity contribution in [3.05, 3.63) is 33.5 Å². The van der Waals surface area contributed by atoms with E-state index in [1.165, 1.54) is 10.4 Å². The van der Waals surface area contributed by atoms with Crippen molar-refractivity contribution in [2.24, 2.45) is 7.05 Å². The second-order valence-corrected chi connectivity index (χ2v) is 8.57. The molecule has 8 heteroatoms. The minimum absolute atomic E-state index is 0.0473. The molecule has 1 amide bonds. The fraction of sp³-hybridized carbons (Fsp3) is 0.632. The van der Waals surface area contributed by atoms with Crippen LogP contribution >= 0.6 is 11.3 Å². The lowest BCUT2D eigenvalue weighted by Gasteiger charge is -2.44. The summed E-state index contributed by atoms with van der Waals surface area (Å²) in [5, 5.41) is 11.2. The fourth-order valence-corrected chi connectivity index (χ4v) is 5.14. The van der Waals surface area contributed by atoms with E-state index < -0.39 is 0 Å². The summed E-state index contributed by atoms with van der Waals surface area (Å²) in [6.07, 6.45) is 5.50. The lowest BCUT2D eigenvalue weighted by atomic mass is 9.82. The molecule has 1 spiro atoms. The number of nitrogens with zero attached hydrogens (tertiary/aromatic N) is 4. The number of likely N-dealkylation sites (tertiary alicyclic amines) is 1. The van der Waals surface area contributed by atoms with Crippen LogP contribution in [0.5, 0.6) is 0 Å². The van der Waals surface area contributed by atoms with E-state index in [0.717, 1.165) is 69.2 Å². The third-order valence-corrected chi connectivity index (χ3v) is 6.79. The predicted octanol–water partition coefficient (Wildman–Crippen LogP) is 2.08. The first-order valence-electron chi connectivity index (χ1n) is 9.72. The van der Waals surface area contributed by atoms with Gasteiger partial charge in [-0.05, 0) is 30.9 Å². The van der Waals surface area contributed by atoms with E-state index in [4.69, 9.17) is 4.74 Å². The van der Waals surface area contributed by atoms with E-state index in [0.29, 0.717) is 0 Å². The van der Waals surface area contributed by atoms with E-state index >= 15 is 0 Å². The first kappa shape index (κ1) is 18.6. The van der Waals surface area contributed by atoms with Crippen LogP contribution in [-0.2, 0) is 30.4 Å². The van der Waals surface area contributed by atoms with Gasteiger partial charge >= 0.3 is 0 Å². The molecule has 0 saturated carbocycles. The summed E-state index contributed by atoms with van der Waals surface area (Å²) < 4.78 is 8.30. The molecule has 0 radical (unpaired) electrons. The summed E-state index contributed by atoms with van der Waals surface area (Å²) in [5.41, 5.74) is 1.02. The fourth-order valence-electron chi connectivity index (χ4n) is 3.99. The van der Waals surface area contributed by atoms with Crippen molar-refractivity contribution in [3.8, 4) is 0 Å². The number of rotatable bonds is 5. The number of aromatic nitrogens is 3. The Kier molecular flexibility index (Phi) is 5.29. The van der Waals surface area contributed by atoms with Crippen LogP contribution in [0.15, 0.2) is 12.4 Å². The van der Waals surface area contributed by atoms with Gasteiger partial charge < -0.3 is 14.6 Å². The number of carbonyl (C=O) groups is 1. The molecule has 2 aromatic heterocycles. The van der Waals surface area contributed by atoms with Crippen LogP contribution in [0.1, 0.15) is 52.1 Å². The first-order chi connectivity index (χ1) is 13.1. The van der Waals surface area contributed by atoms with Crippen molar-refractivity contribution in [2.45, 2.75) is 44.8 Å². The minimum Gasteiger partial charge on any atom is -0.370 e. The Hall–Kier alpha value is -1.77. The number of hydrogen-bond acceptors (Lipinski definition) is 6. The molecule has 0 aromatic carbocycles. The molecule has 1 N–H and O–H groups in total. The van der Waals surface area contributed by atoms with Crippen molar-refractivity contribution in [2.75, 3.05) is 26.2 Å². The number of amides is 1. The normalized spacial score (nSPS) is 19.2. The summed E-state index contributed by atoms with van der Waals surface area (Å²) >= 11 is 1.64. The van der Waals surface area contributed by atoms with Crippen LogP contribution in [0.4, 0.5) is 0 Å². The zero-order valence-corrected chi connectivity index (χ0v) is 16.8. The minimum atomic E-state index is -0.232. The Balaban J connectivity index is 1.47. The first-order valence-corrected chi connectivity index (χ1v) is 10.5. The second kappa shape index (κ2) is 7.69. The van der Waals surface area contributed by atoms with Crippen LogP contribution in [0.2, 0.25) is 0 Å². The average molecular weight is 390 g/mol. The van der Waals surface area contributed by atoms with E-state index in [1.807, 2.05) is 11.6 Å². The lowest BCUT2D eigenvalue weighted by Crippen LogP contribution is -2.46. The zero-order chi connectivity index (χ0) is 18.9. The standard InChI is InChI=1S/C19H27N5O2S/c1-3-7-20-18(25)16-11-14-15(27-16)4-10-26-19(14)5-8-24(9-6-19)12-17-22-21-13-23(17)2/h11,13H,3-10,12H2,1-2H3,(H,20,25). The Morgan fingerprint density at radius 3 is 2.93 bits per heavy atom. The number of aryl methyl sites for hydroxylation is 1. The van der Waals surface area contributed by atoms with Gasteiger partial charge in [0.1, 0.15) is 12.2 Å².